The summed E-state index contributed by atoms with van der Waals surface area (Å²) in [6.45, 7) is 0. The number of hydrogen-bond donors (Lipinski definition) is 0. The number of esters is 1. The minimum atomic E-state index is -0.551. The number of thioether (sulfide) groups is 1. The molecule has 6 nitrogen and oxygen atoms in total. The molecule has 1 aromatic heterocycles. The van der Waals surface area contributed by atoms with Crippen LogP contribution in [0.1, 0.15) is 16.9 Å². The topological polar surface area (TPSA) is 70.3 Å². The molecule has 0 spiro atoms. The van der Waals surface area contributed by atoms with E-state index in [9.17, 15) is 4.79 Å². The van der Waals surface area contributed by atoms with Crippen molar-refractivity contribution < 1.29 is 23.4 Å². The van der Waals surface area contributed by atoms with Crippen molar-refractivity contribution in [2.75, 3.05) is 13.4 Å². The average Bonchev–Trinajstić information content (AvgIpc) is 3.48. The molecule has 0 N–H and O–H groups in total. The summed E-state index contributed by atoms with van der Waals surface area (Å²) in [7, 11) is 1.59. The number of cyclic esters (lactones) is 1. The van der Waals surface area contributed by atoms with Gasteiger partial charge in [-0.25, -0.2) is 9.79 Å². The first-order valence-corrected chi connectivity index (χ1v) is 10.7. The summed E-state index contributed by atoms with van der Waals surface area (Å²) in [5.41, 5.74) is 2.36. The third-order valence-electron chi connectivity index (χ3n) is 4.93. The third-order valence-corrected chi connectivity index (χ3v) is 5.67. The van der Waals surface area contributed by atoms with Gasteiger partial charge in [0, 0.05) is 21.6 Å². The van der Waals surface area contributed by atoms with E-state index in [1.54, 1.807) is 37.1 Å². The maximum atomic E-state index is 12.7. The maximum absolute atomic E-state index is 12.7. The number of carbonyl (C=O) groups excluding carboxylic acids is 1. The van der Waals surface area contributed by atoms with Crippen molar-refractivity contribution in [3.8, 4) is 11.5 Å². The van der Waals surface area contributed by atoms with Gasteiger partial charge >= 0.3 is 5.97 Å². The van der Waals surface area contributed by atoms with E-state index in [1.807, 2.05) is 48.7 Å². The lowest BCUT2D eigenvalue weighted by Gasteiger charge is -2.21. The molecule has 7 heteroatoms. The molecule has 2 aliphatic heterocycles. The second-order valence-corrected chi connectivity index (χ2v) is 7.63. The molecule has 0 saturated carbocycles. The standard InChI is InChI=1S/C24H17NO5S/c1-27-15-7-10-19-17(12-15)18(13-21(29-19)14-5-8-16(31-2)9-6-14)22-24(26)30-23(25-22)20-4-3-11-28-20/h3-13H,1-2H3. The van der Waals surface area contributed by atoms with Crippen molar-refractivity contribution in [1.29, 1.82) is 0 Å². The van der Waals surface area contributed by atoms with Crippen molar-refractivity contribution in [2.24, 2.45) is 4.99 Å². The van der Waals surface area contributed by atoms with Crippen LogP contribution >= 0.6 is 11.8 Å². The molecular formula is C24H17NO5S. The first kappa shape index (κ1) is 19.3. The van der Waals surface area contributed by atoms with Crippen LogP contribution in [0.25, 0.3) is 11.3 Å². The minimum Gasteiger partial charge on any atom is -0.497 e. The highest BCUT2D eigenvalue weighted by molar-refractivity contribution is 7.98. The molecule has 31 heavy (non-hydrogen) atoms. The van der Waals surface area contributed by atoms with E-state index in [0.717, 1.165) is 10.5 Å². The molecule has 0 unspecified atom stereocenters. The van der Waals surface area contributed by atoms with Crippen LogP contribution in [0.5, 0.6) is 11.5 Å². The number of allylic oxidation sites excluding steroid dienone is 2. The van der Waals surface area contributed by atoms with Crippen LogP contribution in [0, 0.1) is 0 Å². The number of ether oxygens (including phenoxy) is 3. The van der Waals surface area contributed by atoms with Crippen LogP contribution in [0.15, 0.2) is 86.9 Å². The summed E-state index contributed by atoms with van der Waals surface area (Å²) in [5.74, 6) is 1.83. The van der Waals surface area contributed by atoms with Gasteiger partial charge in [0.15, 0.2) is 11.5 Å². The van der Waals surface area contributed by atoms with Crippen molar-refractivity contribution in [1.82, 2.24) is 0 Å². The third kappa shape index (κ3) is 3.53. The van der Waals surface area contributed by atoms with E-state index in [0.29, 0.717) is 34.2 Å². The Balaban J connectivity index is 1.68. The molecule has 154 valence electrons. The monoisotopic (exact) mass is 431 g/mol. The molecule has 0 radical (unpaired) electrons. The highest BCUT2D eigenvalue weighted by Gasteiger charge is 2.32. The van der Waals surface area contributed by atoms with Gasteiger partial charge in [-0.05, 0) is 54.8 Å². The second kappa shape index (κ2) is 7.85. The van der Waals surface area contributed by atoms with Gasteiger partial charge in [-0.15, -0.1) is 11.8 Å². The van der Waals surface area contributed by atoms with Crippen LogP contribution in [-0.2, 0) is 9.53 Å². The van der Waals surface area contributed by atoms with Gasteiger partial charge in [-0.3, -0.25) is 0 Å². The van der Waals surface area contributed by atoms with Gasteiger partial charge in [0.2, 0.25) is 0 Å². The van der Waals surface area contributed by atoms with Crippen LogP contribution in [0.4, 0.5) is 0 Å². The number of nitrogens with zero attached hydrogens (tertiary/aromatic N) is 1. The first-order chi connectivity index (χ1) is 15.2. The Morgan fingerprint density at radius 3 is 2.58 bits per heavy atom. The molecule has 3 aromatic rings. The number of aliphatic imine (C=N–C) groups is 1. The second-order valence-electron chi connectivity index (χ2n) is 6.75. The summed E-state index contributed by atoms with van der Waals surface area (Å²) in [6.07, 6.45) is 5.33. The van der Waals surface area contributed by atoms with Crippen LogP contribution in [-0.4, -0.2) is 25.2 Å². The number of benzene rings is 2. The predicted octanol–water partition coefficient (Wildman–Crippen LogP) is 5.16. The summed E-state index contributed by atoms with van der Waals surface area (Å²) in [4.78, 5) is 18.3. The normalized spacial score (nSPS) is 17.4. The molecule has 0 amide bonds. The zero-order chi connectivity index (χ0) is 21.4. The largest absolute Gasteiger partial charge is 0.497 e. The van der Waals surface area contributed by atoms with Crippen molar-refractivity contribution in [3.63, 3.8) is 0 Å². The average molecular weight is 431 g/mol. The SMILES string of the molecule is COc1ccc2c(c1)C(=C1N=C(c3ccco3)OC1=O)C=C(c1ccc(SC)cc1)O2. The number of furan rings is 1. The number of carbonyl (C=O) groups is 1. The molecule has 0 bridgehead atoms. The van der Waals surface area contributed by atoms with E-state index in [2.05, 4.69) is 4.99 Å². The predicted molar refractivity (Wildman–Crippen MR) is 118 cm³/mol. The Bertz CT molecular complexity index is 1250. The Morgan fingerprint density at radius 1 is 1.03 bits per heavy atom. The van der Waals surface area contributed by atoms with Gasteiger partial charge in [0.25, 0.3) is 5.90 Å². The van der Waals surface area contributed by atoms with E-state index in [-0.39, 0.29) is 11.6 Å². The Labute approximate surface area is 182 Å². The summed E-state index contributed by atoms with van der Waals surface area (Å²) >= 11 is 1.67. The molecule has 2 aliphatic rings. The van der Waals surface area contributed by atoms with E-state index < -0.39 is 5.97 Å². The van der Waals surface area contributed by atoms with Crippen molar-refractivity contribution >= 4 is 35.0 Å². The van der Waals surface area contributed by atoms with E-state index in [4.69, 9.17) is 18.6 Å². The zero-order valence-electron chi connectivity index (χ0n) is 16.7. The summed E-state index contributed by atoms with van der Waals surface area (Å²) in [6, 6.07) is 16.9. The molecule has 0 aliphatic carbocycles. The van der Waals surface area contributed by atoms with Gasteiger partial charge in [0.1, 0.15) is 17.3 Å². The molecule has 0 atom stereocenters. The minimum absolute atomic E-state index is 0.132. The Kier molecular flexibility index (Phi) is 4.88. The highest BCUT2D eigenvalue weighted by atomic mass is 32.2. The summed E-state index contributed by atoms with van der Waals surface area (Å²) in [5, 5.41) is 0. The lowest BCUT2D eigenvalue weighted by molar-refractivity contribution is -0.130. The maximum Gasteiger partial charge on any atom is 0.364 e. The zero-order valence-corrected chi connectivity index (χ0v) is 17.6. The molecular weight excluding hydrogens is 414 g/mol. The lowest BCUT2D eigenvalue weighted by atomic mass is 9.97. The molecule has 0 saturated heterocycles. The van der Waals surface area contributed by atoms with E-state index >= 15 is 0 Å². The number of fused-ring (bicyclic) bond motifs is 1. The van der Waals surface area contributed by atoms with Crippen LogP contribution in [0.3, 0.4) is 0 Å². The van der Waals surface area contributed by atoms with Gasteiger partial charge < -0.3 is 18.6 Å². The number of methoxy groups -OCH3 is 1. The first-order valence-electron chi connectivity index (χ1n) is 9.47. The Morgan fingerprint density at radius 2 is 1.87 bits per heavy atom. The van der Waals surface area contributed by atoms with Crippen LogP contribution in [0.2, 0.25) is 0 Å². The molecule has 0 fully saturated rings. The summed E-state index contributed by atoms with van der Waals surface area (Å²) < 4.78 is 22.2. The fraction of sp³-hybridized carbons (Fsp3) is 0.0833. The van der Waals surface area contributed by atoms with Gasteiger partial charge in [0.05, 0.1) is 13.4 Å². The van der Waals surface area contributed by atoms with Crippen molar-refractivity contribution in [2.45, 2.75) is 4.90 Å². The van der Waals surface area contributed by atoms with Crippen molar-refractivity contribution in [3.05, 3.63) is 89.5 Å². The molecule has 2 aromatic carbocycles. The smallest absolute Gasteiger partial charge is 0.364 e. The quantitative estimate of drug-likeness (QED) is 0.323. The van der Waals surface area contributed by atoms with Crippen LogP contribution < -0.4 is 9.47 Å². The molecule has 5 rings (SSSR count). The number of hydrogen-bond acceptors (Lipinski definition) is 7. The van der Waals surface area contributed by atoms with E-state index in [1.165, 1.54) is 6.26 Å². The van der Waals surface area contributed by atoms with Gasteiger partial charge in [-0.2, -0.15) is 0 Å². The lowest BCUT2D eigenvalue weighted by Crippen LogP contribution is -2.08. The number of rotatable bonds is 4. The highest BCUT2D eigenvalue weighted by Crippen LogP contribution is 2.41. The molecule has 3 heterocycles. The van der Waals surface area contributed by atoms with Gasteiger partial charge in [-0.1, -0.05) is 12.1 Å². The fourth-order valence-corrected chi connectivity index (χ4v) is 3.78. The Hall–Kier alpha value is -3.71. The fourth-order valence-electron chi connectivity index (χ4n) is 3.37.